The number of ether oxygens (including phenoxy) is 5. The van der Waals surface area contributed by atoms with E-state index in [0.29, 0.717) is 11.3 Å². The first-order valence-corrected chi connectivity index (χ1v) is 19.4. The number of alkyl carbamates (subject to hydrolysis) is 1. The Hall–Kier alpha value is -4.23. The van der Waals surface area contributed by atoms with Crippen LogP contribution in [0.2, 0.25) is 5.04 Å². The molecule has 11 nitrogen and oxygen atoms in total. The number of amides is 2. The predicted molar refractivity (Wildman–Crippen MR) is 201 cm³/mol. The number of carbonyl (C=O) groups excluding carboxylic acids is 3. The minimum Gasteiger partial charge on any atom is -0.497 e. The summed E-state index contributed by atoms with van der Waals surface area (Å²) >= 11 is 0. The smallest absolute Gasteiger partial charge is 0.408 e. The van der Waals surface area contributed by atoms with Crippen LogP contribution in [0.1, 0.15) is 74.0 Å². The number of methoxy groups -OCH3 is 2. The van der Waals surface area contributed by atoms with Crippen LogP contribution in [0, 0.1) is 0 Å². The topological polar surface area (TPSA) is 131 Å². The number of carbonyl (C=O) groups is 3. The Balaban J connectivity index is 1.76. The van der Waals surface area contributed by atoms with Crippen molar-refractivity contribution in [2.45, 2.75) is 109 Å². The first-order chi connectivity index (χ1) is 24.3. The van der Waals surface area contributed by atoms with Gasteiger partial charge in [0.15, 0.2) is 11.8 Å². The van der Waals surface area contributed by atoms with Crippen LogP contribution in [0.25, 0.3) is 0 Å². The first-order valence-electron chi connectivity index (χ1n) is 17.5. The second-order valence-electron chi connectivity index (χ2n) is 15.4. The average Bonchev–Trinajstić information content (AvgIpc) is 3.42. The van der Waals surface area contributed by atoms with Gasteiger partial charge in [0.05, 0.1) is 20.3 Å². The predicted octanol–water partition coefficient (Wildman–Crippen LogP) is 5.40. The molecule has 4 rings (SSSR count). The minimum atomic E-state index is -3.18. The Bertz CT molecular complexity index is 1610. The molecule has 3 aromatic rings. The largest absolute Gasteiger partial charge is 0.497 e. The Morgan fingerprint density at radius 1 is 0.788 bits per heavy atom. The van der Waals surface area contributed by atoms with Gasteiger partial charge in [0.1, 0.15) is 29.6 Å². The second-order valence-corrected chi connectivity index (χ2v) is 19.7. The van der Waals surface area contributed by atoms with Crippen molar-refractivity contribution in [1.82, 2.24) is 10.6 Å². The van der Waals surface area contributed by atoms with E-state index in [0.717, 1.165) is 10.4 Å². The summed E-state index contributed by atoms with van der Waals surface area (Å²) in [6.45, 7) is 16.7. The van der Waals surface area contributed by atoms with E-state index < -0.39 is 73.1 Å². The van der Waals surface area contributed by atoms with Crippen LogP contribution in [-0.2, 0) is 33.0 Å². The molecule has 1 saturated heterocycles. The molecule has 0 radical (unpaired) electrons. The van der Waals surface area contributed by atoms with Gasteiger partial charge in [-0.1, -0.05) is 93.6 Å². The third-order valence-electron chi connectivity index (χ3n) is 8.86. The van der Waals surface area contributed by atoms with Gasteiger partial charge in [0.2, 0.25) is 5.91 Å². The summed E-state index contributed by atoms with van der Waals surface area (Å²) in [5.41, 5.74) is -0.174. The summed E-state index contributed by atoms with van der Waals surface area (Å²) in [4.78, 5) is 41.5. The van der Waals surface area contributed by atoms with E-state index in [1.165, 1.54) is 7.11 Å². The third-order valence-corrected chi connectivity index (χ3v) is 14.0. The van der Waals surface area contributed by atoms with Crippen molar-refractivity contribution in [3.63, 3.8) is 0 Å². The molecule has 0 saturated carbocycles. The molecule has 2 N–H and O–H groups in total. The third kappa shape index (κ3) is 9.40. The molecule has 2 amide bonds. The van der Waals surface area contributed by atoms with Gasteiger partial charge >= 0.3 is 12.1 Å². The van der Waals surface area contributed by atoms with Gasteiger partial charge in [0, 0.05) is 0 Å². The standard InChI is InChI=1S/C40H54N2O9Si/c1-26(51-52(39(5,6)7,29-18-14-12-15-19-29)30-20-16-13-17-21-30)31(36(44)47-11)41-35(43)32(42-37(45)50-38(2,3)4)34-33(48-40(8,9)49-34)27-22-24-28(46-10)25-23-27/h12-26,31-34H,1-11H3,(H,41,43)(H,42,45)/t26-,31+,32+,33+,34+/m1/s1. The first kappa shape index (κ1) is 40.5. The van der Waals surface area contributed by atoms with Gasteiger partial charge in [-0.25, -0.2) is 9.59 Å². The Morgan fingerprint density at radius 3 is 1.79 bits per heavy atom. The van der Waals surface area contributed by atoms with E-state index in [4.69, 9.17) is 28.1 Å². The molecule has 282 valence electrons. The average molecular weight is 735 g/mol. The SMILES string of the molecule is COC(=O)[C@@H](NC(=O)[C@@H](NC(=O)OC(C)(C)C)[C@@H]1OC(C)(C)O[C@H]1c1ccc(OC)cc1)[C@@H](C)O[Si](c1ccccc1)(c1ccccc1)C(C)(C)C. The highest BCUT2D eigenvalue weighted by atomic mass is 28.4. The van der Waals surface area contributed by atoms with Gasteiger partial charge in [-0.15, -0.1) is 0 Å². The van der Waals surface area contributed by atoms with Gasteiger partial charge in [-0.2, -0.15) is 0 Å². The van der Waals surface area contributed by atoms with E-state index >= 15 is 0 Å². The molecule has 5 atom stereocenters. The summed E-state index contributed by atoms with van der Waals surface area (Å²) < 4.78 is 36.0. The Labute approximate surface area is 308 Å². The molecule has 1 heterocycles. The van der Waals surface area contributed by atoms with Crippen LogP contribution >= 0.6 is 0 Å². The fraction of sp³-hybridized carbons (Fsp3) is 0.475. The molecule has 0 spiro atoms. The molecular weight excluding hydrogens is 681 g/mol. The monoisotopic (exact) mass is 734 g/mol. The van der Waals surface area contributed by atoms with Crippen LogP contribution in [-0.4, -0.2) is 76.2 Å². The van der Waals surface area contributed by atoms with Crippen molar-refractivity contribution in [1.29, 1.82) is 0 Å². The normalized spacial score (nSPS) is 19.1. The van der Waals surface area contributed by atoms with Crippen LogP contribution in [0.15, 0.2) is 84.9 Å². The lowest BCUT2D eigenvalue weighted by Gasteiger charge is -2.45. The fourth-order valence-corrected chi connectivity index (χ4v) is 11.3. The second kappa shape index (κ2) is 16.2. The van der Waals surface area contributed by atoms with Gasteiger partial charge in [0.25, 0.3) is 8.32 Å². The highest BCUT2D eigenvalue weighted by Gasteiger charge is 2.53. The van der Waals surface area contributed by atoms with E-state index in [1.54, 1.807) is 72.9 Å². The lowest BCUT2D eigenvalue weighted by molar-refractivity contribution is -0.154. The maximum absolute atomic E-state index is 14.6. The van der Waals surface area contributed by atoms with Crippen LogP contribution < -0.4 is 25.7 Å². The minimum absolute atomic E-state index is 0.415. The Morgan fingerprint density at radius 2 is 1.33 bits per heavy atom. The lowest BCUT2D eigenvalue weighted by atomic mass is 9.97. The number of rotatable bonds is 12. The highest BCUT2D eigenvalue weighted by Crippen LogP contribution is 2.41. The van der Waals surface area contributed by atoms with E-state index in [9.17, 15) is 14.4 Å². The van der Waals surface area contributed by atoms with Crippen molar-refractivity contribution in [3.05, 3.63) is 90.5 Å². The lowest BCUT2D eigenvalue weighted by Crippen LogP contribution is -2.69. The Kier molecular flexibility index (Phi) is 12.6. The van der Waals surface area contributed by atoms with Crippen molar-refractivity contribution in [2.75, 3.05) is 14.2 Å². The quantitative estimate of drug-likeness (QED) is 0.186. The van der Waals surface area contributed by atoms with Crippen molar-refractivity contribution in [2.24, 2.45) is 0 Å². The van der Waals surface area contributed by atoms with Gasteiger partial charge < -0.3 is 38.7 Å². The molecule has 0 bridgehead atoms. The molecule has 1 aliphatic rings. The molecule has 0 aromatic heterocycles. The van der Waals surface area contributed by atoms with E-state index in [-0.39, 0.29) is 0 Å². The molecule has 3 aromatic carbocycles. The number of hydrogen-bond acceptors (Lipinski definition) is 9. The zero-order chi connectivity index (χ0) is 38.5. The zero-order valence-corrected chi connectivity index (χ0v) is 33.1. The molecule has 1 fully saturated rings. The van der Waals surface area contributed by atoms with E-state index in [2.05, 4.69) is 31.4 Å². The zero-order valence-electron chi connectivity index (χ0n) is 32.1. The number of nitrogens with one attached hydrogen (secondary N) is 2. The molecule has 1 aliphatic heterocycles. The molecule has 12 heteroatoms. The van der Waals surface area contributed by atoms with Crippen LogP contribution in [0.3, 0.4) is 0 Å². The van der Waals surface area contributed by atoms with Crippen molar-refractivity contribution in [3.8, 4) is 5.75 Å². The summed E-state index contributed by atoms with van der Waals surface area (Å²) in [6, 6.07) is 24.4. The summed E-state index contributed by atoms with van der Waals surface area (Å²) in [7, 11) is -0.356. The molecule has 0 aliphatic carbocycles. The van der Waals surface area contributed by atoms with Gasteiger partial charge in [-0.3, -0.25) is 4.79 Å². The maximum atomic E-state index is 14.6. The van der Waals surface area contributed by atoms with Crippen molar-refractivity contribution < 1.29 is 42.5 Å². The molecule has 52 heavy (non-hydrogen) atoms. The van der Waals surface area contributed by atoms with Crippen LogP contribution in [0.5, 0.6) is 5.75 Å². The maximum Gasteiger partial charge on any atom is 0.408 e. The van der Waals surface area contributed by atoms with Crippen LogP contribution in [0.4, 0.5) is 4.79 Å². The molecule has 0 unspecified atom stereocenters. The number of benzene rings is 3. The number of hydrogen-bond donors (Lipinski definition) is 2. The highest BCUT2D eigenvalue weighted by molar-refractivity contribution is 6.99. The van der Waals surface area contributed by atoms with Crippen molar-refractivity contribution >= 4 is 36.7 Å². The molecular formula is C40H54N2O9Si. The fourth-order valence-electron chi connectivity index (χ4n) is 6.59. The number of esters is 1. The summed E-state index contributed by atoms with van der Waals surface area (Å²) in [5, 5.41) is 7.17. The van der Waals surface area contributed by atoms with Gasteiger partial charge in [-0.05, 0) is 74.7 Å². The summed E-state index contributed by atoms with van der Waals surface area (Å²) in [6.07, 6.45) is -3.57. The van der Waals surface area contributed by atoms with E-state index in [1.807, 2.05) is 60.7 Å². The summed E-state index contributed by atoms with van der Waals surface area (Å²) in [5.74, 6) is -1.94.